The van der Waals surface area contributed by atoms with Crippen LogP contribution in [0, 0.1) is 52.3 Å². The van der Waals surface area contributed by atoms with Gasteiger partial charge >= 0.3 is 0 Å². The highest BCUT2D eigenvalue weighted by Gasteiger charge is 2.62. The van der Waals surface area contributed by atoms with Gasteiger partial charge in [0.15, 0.2) is 0 Å². The Hall–Kier alpha value is -1.18. The summed E-state index contributed by atoms with van der Waals surface area (Å²) in [4.78, 5) is 0. The van der Waals surface area contributed by atoms with Crippen LogP contribution in [0.25, 0.3) is 0 Å². The van der Waals surface area contributed by atoms with Crippen LogP contribution in [0.4, 0.5) is 0 Å². The van der Waals surface area contributed by atoms with Crippen LogP contribution in [0.15, 0.2) is 24.3 Å². The minimum atomic E-state index is -0.0889. The molecular formula is C44H78N4O2. The molecular weight excluding hydrogens is 617 g/mol. The predicted octanol–water partition coefficient (Wildman–Crippen LogP) is 8.27. The highest BCUT2D eigenvalue weighted by atomic mass is 16.3. The van der Waals surface area contributed by atoms with Crippen molar-refractivity contribution in [1.82, 2.24) is 21.3 Å². The number of aliphatic hydroxyl groups is 1. The highest BCUT2D eigenvalue weighted by Crippen LogP contribution is 2.68. The Labute approximate surface area is 307 Å². The van der Waals surface area contributed by atoms with Gasteiger partial charge in [0.25, 0.3) is 0 Å². The molecule has 286 valence electrons. The summed E-state index contributed by atoms with van der Waals surface area (Å²) >= 11 is 0. The van der Waals surface area contributed by atoms with Crippen LogP contribution in [-0.2, 0) is 6.54 Å². The van der Waals surface area contributed by atoms with Crippen molar-refractivity contribution in [2.75, 3.05) is 39.3 Å². The predicted molar refractivity (Wildman–Crippen MR) is 210 cm³/mol. The van der Waals surface area contributed by atoms with E-state index in [0.29, 0.717) is 34.5 Å². The van der Waals surface area contributed by atoms with E-state index < -0.39 is 0 Å². The summed E-state index contributed by atoms with van der Waals surface area (Å²) in [5, 5.41) is 36.3. The molecule has 4 fully saturated rings. The standard InChI is InChI=1S/C44H78N4O2/c1-32(2)13-10-14-33(3)37-17-18-38-42-39(20-22-44(37,38)5)43(4)21-19-36(29-35(43)30-41(42)50)48-28-12-26-46-24-9-8-23-45-25-11-27-47-31-34-15-6-7-16-40(34)49/h6-7,15-16,32-33,35-39,41-42,45-50H,8-14,17-31H2,1-5H3/t33-,35-,36+,37-,38?,39?,41-,42?,43+,44-/m1/s1. The monoisotopic (exact) mass is 695 g/mol. The number of para-hydroxylation sites is 1. The van der Waals surface area contributed by atoms with Crippen LogP contribution in [-0.4, -0.2) is 61.6 Å². The number of nitrogens with one attached hydrogen (secondary N) is 4. The summed E-state index contributed by atoms with van der Waals surface area (Å²) in [5.41, 5.74) is 1.83. The van der Waals surface area contributed by atoms with Crippen molar-refractivity contribution in [2.45, 2.75) is 150 Å². The van der Waals surface area contributed by atoms with E-state index in [9.17, 15) is 10.2 Å². The second kappa shape index (κ2) is 19.2. The number of phenolic OH excluding ortho intramolecular Hbond substituents is 1. The number of benzene rings is 1. The van der Waals surface area contributed by atoms with E-state index in [4.69, 9.17) is 0 Å². The lowest BCUT2D eigenvalue weighted by Crippen LogP contribution is -2.59. The zero-order chi connectivity index (χ0) is 35.6. The van der Waals surface area contributed by atoms with Gasteiger partial charge < -0.3 is 31.5 Å². The largest absolute Gasteiger partial charge is 0.508 e. The van der Waals surface area contributed by atoms with Gasteiger partial charge in [0.2, 0.25) is 0 Å². The highest BCUT2D eigenvalue weighted by molar-refractivity contribution is 5.31. The summed E-state index contributed by atoms with van der Waals surface area (Å²) < 4.78 is 0. The van der Waals surface area contributed by atoms with Gasteiger partial charge in [-0.3, -0.25) is 0 Å². The lowest BCUT2D eigenvalue weighted by Gasteiger charge is -2.62. The van der Waals surface area contributed by atoms with Gasteiger partial charge in [-0.25, -0.2) is 0 Å². The number of fused-ring (bicyclic) bond motifs is 5. The topological polar surface area (TPSA) is 88.6 Å². The van der Waals surface area contributed by atoms with Crippen molar-refractivity contribution < 1.29 is 10.2 Å². The van der Waals surface area contributed by atoms with Crippen LogP contribution in [0.5, 0.6) is 5.75 Å². The molecule has 4 saturated carbocycles. The van der Waals surface area contributed by atoms with Crippen molar-refractivity contribution in [3.05, 3.63) is 29.8 Å². The maximum Gasteiger partial charge on any atom is 0.120 e. The van der Waals surface area contributed by atoms with Crippen molar-refractivity contribution in [1.29, 1.82) is 0 Å². The number of aromatic hydroxyl groups is 1. The second-order valence-corrected chi connectivity index (χ2v) is 18.5. The first-order valence-electron chi connectivity index (χ1n) is 21.4. The van der Waals surface area contributed by atoms with Crippen molar-refractivity contribution in [3.8, 4) is 5.75 Å². The molecule has 0 aromatic heterocycles. The summed E-state index contributed by atoms with van der Waals surface area (Å²) in [5.74, 6) is 5.56. The average Bonchev–Trinajstić information content (AvgIpc) is 3.44. The number of unbranched alkanes of at least 4 members (excludes halogenated alkanes) is 1. The maximum absolute atomic E-state index is 11.8. The first-order chi connectivity index (χ1) is 24.1. The Morgan fingerprint density at radius 3 is 2.12 bits per heavy atom. The first-order valence-corrected chi connectivity index (χ1v) is 21.4. The Balaban J connectivity index is 0.915. The molecule has 1 aromatic rings. The van der Waals surface area contributed by atoms with E-state index in [0.717, 1.165) is 93.8 Å². The molecule has 6 N–H and O–H groups in total. The van der Waals surface area contributed by atoms with Crippen molar-refractivity contribution in [3.63, 3.8) is 0 Å². The van der Waals surface area contributed by atoms with Gasteiger partial charge in [-0.15, -0.1) is 0 Å². The van der Waals surface area contributed by atoms with E-state index in [1.54, 1.807) is 6.07 Å². The molecule has 0 radical (unpaired) electrons. The van der Waals surface area contributed by atoms with Gasteiger partial charge in [-0.2, -0.15) is 0 Å². The molecule has 0 bridgehead atoms. The third-order valence-electron chi connectivity index (χ3n) is 14.8. The number of rotatable bonds is 21. The molecule has 0 spiro atoms. The third kappa shape index (κ3) is 10.1. The molecule has 6 nitrogen and oxygen atoms in total. The molecule has 6 heteroatoms. The minimum absolute atomic E-state index is 0.0889. The number of phenols is 1. The van der Waals surface area contributed by atoms with Crippen LogP contribution in [0.2, 0.25) is 0 Å². The maximum atomic E-state index is 11.8. The summed E-state index contributed by atoms with van der Waals surface area (Å²) in [6.07, 6.45) is 19.3. The fraction of sp³-hybridized carbons (Fsp3) is 0.864. The van der Waals surface area contributed by atoms with E-state index in [1.165, 1.54) is 83.5 Å². The quantitative estimate of drug-likeness (QED) is 0.0727. The van der Waals surface area contributed by atoms with Crippen molar-refractivity contribution in [2.24, 2.45) is 52.3 Å². The van der Waals surface area contributed by atoms with Gasteiger partial charge in [0.1, 0.15) is 5.75 Å². The second-order valence-electron chi connectivity index (χ2n) is 18.5. The van der Waals surface area contributed by atoms with Crippen molar-refractivity contribution >= 4 is 0 Å². The average molecular weight is 695 g/mol. The molecule has 0 heterocycles. The summed E-state index contributed by atoms with van der Waals surface area (Å²) in [7, 11) is 0. The van der Waals surface area contributed by atoms with Gasteiger partial charge in [0, 0.05) is 18.2 Å². The number of hydrogen-bond donors (Lipinski definition) is 6. The molecule has 10 atom stereocenters. The number of aliphatic hydroxyl groups excluding tert-OH is 1. The first kappa shape index (κ1) is 40.0. The van der Waals surface area contributed by atoms with Crippen LogP contribution in [0.3, 0.4) is 0 Å². The lowest BCUT2D eigenvalue weighted by atomic mass is 9.43. The molecule has 0 amide bonds. The molecule has 4 aliphatic carbocycles. The molecule has 5 rings (SSSR count). The summed E-state index contributed by atoms with van der Waals surface area (Å²) in [6, 6.07) is 8.17. The van der Waals surface area contributed by atoms with E-state index >= 15 is 0 Å². The van der Waals surface area contributed by atoms with E-state index in [-0.39, 0.29) is 6.10 Å². The van der Waals surface area contributed by atoms with E-state index in [1.807, 2.05) is 18.2 Å². The normalized spacial score (nSPS) is 34.3. The Bertz CT molecular complexity index is 1130. The lowest BCUT2D eigenvalue weighted by molar-refractivity contribution is -0.167. The van der Waals surface area contributed by atoms with Gasteiger partial charge in [0.05, 0.1) is 6.10 Å². The van der Waals surface area contributed by atoms with Crippen LogP contribution >= 0.6 is 0 Å². The molecule has 0 saturated heterocycles. The van der Waals surface area contributed by atoms with Gasteiger partial charge in [-0.05, 0) is 175 Å². The Morgan fingerprint density at radius 2 is 1.38 bits per heavy atom. The molecule has 4 aliphatic rings. The molecule has 3 unspecified atom stereocenters. The van der Waals surface area contributed by atoms with Gasteiger partial charge in [-0.1, -0.05) is 72.1 Å². The van der Waals surface area contributed by atoms with E-state index in [2.05, 4.69) is 55.9 Å². The Kier molecular flexibility index (Phi) is 15.4. The number of hydrogen-bond acceptors (Lipinski definition) is 6. The van der Waals surface area contributed by atoms with Crippen LogP contribution < -0.4 is 21.3 Å². The SMILES string of the molecule is CC(C)CCC[C@@H](C)[C@H]1CCC2C3C(CC[C@@]21C)[C@@]1(C)CC[C@H](NCCCNCCCCNCCCNCc2ccccc2O)C[C@@H]1C[C@H]3O. The Morgan fingerprint density at radius 1 is 0.720 bits per heavy atom. The molecule has 1 aromatic carbocycles. The van der Waals surface area contributed by atoms with Crippen LogP contribution in [0.1, 0.15) is 136 Å². The third-order valence-corrected chi connectivity index (χ3v) is 14.8. The fourth-order valence-electron chi connectivity index (χ4n) is 11.9. The zero-order valence-electron chi connectivity index (χ0n) is 33.0. The molecule has 50 heavy (non-hydrogen) atoms. The zero-order valence-corrected chi connectivity index (χ0v) is 33.0. The molecule has 0 aliphatic heterocycles. The fourth-order valence-corrected chi connectivity index (χ4v) is 11.9. The minimum Gasteiger partial charge on any atom is -0.508 e. The smallest absolute Gasteiger partial charge is 0.120 e. The summed E-state index contributed by atoms with van der Waals surface area (Å²) in [6.45, 7) is 19.7.